The van der Waals surface area contributed by atoms with Crippen molar-refractivity contribution in [3.05, 3.63) is 23.1 Å². The first-order valence-corrected chi connectivity index (χ1v) is 2.90. The van der Waals surface area contributed by atoms with E-state index < -0.39 is 5.24 Å². The largest absolute Gasteiger partial charge is 0.452 e. The molecule has 0 aromatic carbocycles. The maximum Gasteiger partial charge on any atom is 0.257 e. The third-order valence-corrected chi connectivity index (χ3v) is 1.33. The lowest BCUT2D eigenvalue weighted by Crippen LogP contribution is -1.83. The van der Waals surface area contributed by atoms with Crippen molar-refractivity contribution in [3.63, 3.8) is 0 Å². The number of halogens is 2. The Balaban J connectivity index is 3.08. The van der Waals surface area contributed by atoms with Gasteiger partial charge in [0, 0.05) is 0 Å². The normalized spacial score (nSPS) is 9.56. The second-order valence-electron chi connectivity index (χ2n) is 1.38. The van der Waals surface area contributed by atoms with Gasteiger partial charge in [-0.2, -0.15) is 0 Å². The van der Waals surface area contributed by atoms with Crippen LogP contribution >= 0.6 is 23.2 Å². The zero-order valence-corrected chi connectivity index (χ0v) is 5.74. The van der Waals surface area contributed by atoms with Crippen molar-refractivity contribution in [2.45, 2.75) is 0 Å². The lowest BCUT2D eigenvalue weighted by molar-refractivity contribution is 0.108. The Morgan fingerprint density at radius 3 is 2.56 bits per heavy atom. The van der Waals surface area contributed by atoms with Crippen molar-refractivity contribution in [2.75, 3.05) is 0 Å². The quantitative estimate of drug-likeness (QED) is 0.597. The van der Waals surface area contributed by atoms with Gasteiger partial charge in [0.05, 0.1) is 11.8 Å². The molecular formula is C5H2Cl2O2. The zero-order chi connectivity index (χ0) is 6.85. The van der Waals surface area contributed by atoms with Gasteiger partial charge in [0.15, 0.2) is 0 Å². The van der Waals surface area contributed by atoms with E-state index in [2.05, 4.69) is 4.42 Å². The second kappa shape index (κ2) is 2.42. The summed E-state index contributed by atoms with van der Waals surface area (Å²) in [6, 6.07) is 1.41. The molecule has 0 unspecified atom stereocenters. The van der Waals surface area contributed by atoms with Crippen molar-refractivity contribution in [3.8, 4) is 0 Å². The van der Waals surface area contributed by atoms with Gasteiger partial charge in [0.2, 0.25) is 5.22 Å². The van der Waals surface area contributed by atoms with Gasteiger partial charge < -0.3 is 4.42 Å². The summed E-state index contributed by atoms with van der Waals surface area (Å²) in [6.45, 7) is 0. The van der Waals surface area contributed by atoms with Crippen molar-refractivity contribution in [1.29, 1.82) is 0 Å². The molecule has 0 fully saturated rings. The number of furan rings is 1. The highest BCUT2D eigenvalue weighted by Gasteiger charge is 2.08. The van der Waals surface area contributed by atoms with Crippen LogP contribution in [0.25, 0.3) is 0 Å². The van der Waals surface area contributed by atoms with Crippen LogP contribution in [-0.4, -0.2) is 5.24 Å². The highest BCUT2D eigenvalue weighted by atomic mass is 35.5. The van der Waals surface area contributed by atoms with E-state index in [1.54, 1.807) is 0 Å². The van der Waals surface area contributed by atoms with Crippen molar-refractivity contribution >= 4 is 28.4 Å². The van der Waals surface area contributed by atoms with Crippen LogP contribution in [0.5, 0.6) is 0 Å². The molecule has 0 saturated heterocycles. The van der Waals surface area contributed by atoms with Crippen LogP contribution in [0.1, 0.15) is 10.4 Å². The lowest BCUT2D eigenvalue weighted by Gasteiger charge is -1.81. The van der Waals surface area contributed by atoms with Gasteiger partial charge in [0.1, 0.15) is 0 Å². The molecule has 0 radical (unpaired) electrons. The molecule has 0 saturated carbocycles. The molecule has 0 amide bonds. The molecular weight excluding hydrogens is 163 g/mol. The summed E-state index contributed by atoms with van der Waals surface area (Å²) in [5.41, 5.74) is 0.207. The Morgan fingerprint density at radius 2 is 2.33 bits per heavy atom. The average molecular weight is 165 g/mol. The Kier molecular flexibility index (Phi) is 1.78. The molecule has 0 aliphatic heterocycles. The predicted molar refractivity (Wildman–Crippen MR) is 33.9 cm³/mol. The van der Waals surface area contributed by atoms with Crippen LogP contribution < -0.4 is 0 Å². The molecule has 0 aliphatic carbocycles. The highest BCUT2D eigenvalue weighted by Crippen LogP contribution is 2.17. The summed E-state index contributed by atoms with van der Waals surface area (Å²) >= 11 is 10.4. The van der Waals surface area contributed by atoms with E-state index >= 15 is 0 Å². The Hall–Kier alpha value is -0.470. The Labute approximate surface area is 61.4 Å². The fourth-order valence-corrected chi connectivity index (χ4v) is 0.831. The fourth-order valence-electron chi connectivity index (χ4n) is 0.434. The molecule has 0 spiro atoms. The lowest BCUT2D eigenvalue weighted by atomic mass is 10.4. The second-order valence-corrected chi connectivity index (χ2v) is 2.07. The molecule has 0 N–H and O–H groups in total. The Morgan fingerprint density at radius 1 is 1.67 bits per heavy atom. The molecule has 0 aliphatic rings. The van der Waals surface area contributed by atoms with Crippen LogP contribution in [0.4, 0.5) is 0 Å². The van der Waals surface area contributed by atoms with Crippen LogP contribution in [0.15, 0.2) is 16.7 Å². The van der Waals surface area contributed by atoms with Gasteiger partial charge in [0.25, 0.3) is 5.24 Å². The van der Waals surface area contributed by atoms with Crippen LogP contribution in [0.2, 0.25) is 5.22 Å². The molecule has 2 nitrogen and oxygen atoms in total. The zero-order valence-electron chi connectivity index (χ0n) is 4.23. The molecule has 9 heavy (non-hydrogen) atoms. The minimum atomic E-state index is -0.603. The molecule has 1 heterocycles. The standard InChI is InChI=1S/C5H2Cl2O2/c6-4(8)3-1-2-9-5(3)7/h1-2H. The third kappa shape index (κ3) is 1.26. The first-order valence-electron chi connectivity index (χ1n) is 2.14. The molecule has 1 aromatic rings. The van der Waals surface area contributed by atoms with Gasteiger partial charge in [-0.05, 0) is 29.3 Å². The fraction of sp³-hybridized carbons (Fsp3) is 0. The first-order chi connectivity index (χ1) is 4.22. The van der Waals surface area contributed by atoms with Gasteiger partial charge in [-0.25, -0.2) is 0 Å². The monoisotopic (exact) mass is 164 g/mol. The SMILES string of the molecule is O=C(Cl)c1ccoc1Cl. The number of hydrogen-bond donors (Lipinski definition) is 0. The summed E-state index contributed by atoms with van der Waals surface area (Å²) in [6.07, 6.45) is 1.30. The number of carbonyl (C=O) groups is 1. The van der Waals surface area contributed by atoms with E-state index in [9.17, 15) is 4.79 Å². The number of rotatable bonds is 1. The van der Waals surface area contributed by atoms with Gasteiger partial charge in [-0.3, -0.25) is 4.79 Å². The summed E-state index contributed by atoms with van der Waals surface area (Å²) in [4.78, 5) is 10.3. The van der Waals surface area contributed by atoms with Gasteiger partial charge >= 0.3 is 0 Å². The average Bonchev–Trinajstić information content (AvgIpc) is 2.13. The minimum Gasteiger partial charge on any atom is -0.452 e. The Bertz CT molecular complexity index is 229. The number of carbonyl (C=O) groups excluding carboxylic acids is 1. The van der Waals surface area contributed by atoms with Crippen LogP contribution in [-0.2, 0) is 0 Å². The molecule has 1 rings (SSSR count). The molecule has 48 valence electrons. The summed E-state index contributed by atoms with van der Waals surface area (Å²) < 4.78 is 4.59. The van der Waals surface area contributed by atoms with Crippen LogP contribution in [0, 0.1) is 0 Å². The van der Waals surface area contributed by atoms with Gasteiger partial charge in [-0.1, -0.05) is 0 Å². The van der Waals surface area contributed by atoms with Crippen molar-refractivity contribution < 1.29 is 9.21 Å². The summed E-state index contributed by atoms with van der Waals surface area (Å²) in [5.74, 6) is 0. The third-order valence-electron chi connectivity index (χ3n) is 0.830. The van der Waals surface area contributed by atoms with E-state index in [1.165, 1.54) is 12.3 Å². The highest BCUT2D eigenvalue weighted by molar-refractivity contribution is 6.68. The van der Waals surface area contributed by atoms with E-state index in [4.69, 9.17) is 23.2 Å². The maximum absolute atomic E-state index is 10.3. The molecule has 1 aromatic heterocycles. The van der Waals surface area contributed by atoms with Gasteiger partial charge in [-0.15, -0.1) is 0 Å². The van der Waals surface area contributed by atoms with E-state index in [0.29, 0.717) is 0 Å². The first kappa shape index (κ1) is 6.65. The van der Waals surface area contributed by atoms with Crippen LogP contribution in [0.3, 0.4) is 0 Å². The van der Waals surface area contributed by atoms with E-state index in [1.807, 2.05) is 0 Å². The van der Waals surface area contributed by atoms with E-state index in [0.717, 1.165) is 0 Å². The predicted octanol–water partition coefficient (Wildman–Crippen LogP) is 2.31. The van der Waals surface area contributed by atoms with E-state index in [-0.39, 0.29) is 10.8 Å². The smallest absolute Gasteiger partial charge is 0.257 e. The van der Waals surface area contributed by atoms with Crippen molar-refractivity contribution in [2.24, 2.45) is 0 Å². The molecule has 0 atom stereocenters. The summed E-state index contributed by atoms with van der Waals surface area (Å²) in [5, 5.41) is -0.566. The van der Waals surface area contributed by atoms with Crippen molar-refractivity contribution in [1.82, 2.24) is 0 Å². The molecule has 4 heteroatoms. The minimum absolute atomic E-state index is 0.0370. The topological polar surface area (TPSA) is 30.2 Å². The maximum atomic E-state index is 10.3. The number of hydrogen-bond acceptors (Lipinski definition) is 2. The summed E-state index contributed by atoms with van der Waals surface area (Å²) in [7, 11) is 0. The molecule has 0 bridgehead atoms.